The highest BCUT2D eigenvalue weighted by atomic mass is 79.9. The van der Waals surface area contributed by atoms with Crippen molar-refractivity contribution < 1.29 is 14.3 Å². The van der Waals surface area contributed by atoms with E-state index in [1.807, 2.05) is 72.8 Å². The summed E-state index contributed by atoms with van der Waals surface area (Å²) in [4.78, 5) is 12.7. The van der Waals surface area contributed by atoms with E-state index in [4.69, 9.17) is 9.47 Å². The summed E-state index contributed by atoms with van der Waals surface area (Å²) in [6, 6.07) is 26.8. The Kier molecular flexibility index (Phi) is 6.58. The molecule has 0 aromatic heterocycles. The van der Waals surface area contributed by atoms with Crippen molar-refractivity contribution in [3.05, 3.63) is 102 Å². The van der Waals surface area contributed by atoms with Crippen molar-refractivity contribution >= 4 is 21.7 Å². The summed E-state index contributed by atoms with van der Waals surface area (Å²) < 4.78 is 11.5. The molecular weight excluding hydrogens is 392 g/mol. The maximum atomic E-state index is 12.7. The van der Waals surface area contributed by atoms with Crippen molar-refractivity contribution in [1.82, 2.24) is 0 Å². The minimum Gasteiger partial charge on any atom is -0.488 e. The molecule has 0 saturated carbocycles. The van der Waals surface area contributed by atoms with Crippen LogP contribution in [0.3, 0.4) is 0 Å². The zero-order valence-corrected chi connectivity index (χ0v) is 15.8. The van der Waals surface area contributed by atoms with Gasteiger partial charge in [-0.25, -0.2) is 0 Å². The third-order valence-corrected chi connectivity index (χ3v) is 4.52. The van der Waals surface area contributed by atoms with Gasteiger partial charge in [-0.1, -0.05) is 72.8 Å². The van der Waals surface area contributed by atoms with Crippen molar-refractivity contribution in [2.75, 3.05) is 0 Å². The maximum Gasteiger partial charge on any atom is 0.206 e. The van der Waals surface area contributed by atoms with E-state index in [0.29, 0.717) is 24.5 Å². The summed E-state index contributed by atoms with van der Waals surface area (Å²) >= 11 is 3.34. The molecule has 3 nitrogen and oxygen atoms in total. The second kappa shape index (κ2) is 9.32. The average molecular weight is 411 g/mol. The van der Waals surface area contributed by atoms with E-state index in [1.54, 1.807) is 12.1 Å². The van der Waals surface area contributed by atoms with Crippen LogP contribution in [-0.4, -0.2) is 10.8 Å². The van der Waals surface area contributed by atoms with E-state index in [-0.39, 0.29) is 5.78 Å². The fourth-order valence-corrected chi connectivity index (χ4v) is 2.85. The first kappa shape index (κ1) is 18.4. The maximum absolute atomic E-state index is 12.7. The molecule has 0 N–H and O–H groups in total. The van der Waals surface area contributed by atoms with Crippen LogP contribution in [0, 0.1) is 0 Å². The molecule has 0 saturated heterocycles. The van der Waals surface area contributed by atoms with Gasteiger partial charge in [0, 0.05) is 0 Å². The molecule has 0 fully saturated rings. The topological polar surface area (TPSA) is 35.5 Å². The fourth-order valence-electron chi connectivity index (χ4n) is 2.47. The summed E-state index contributed by atoms with van der Waals surface area (Å²) in [5.41, 5.74) is 2.56. The van der Waals surface area contributed by atoms with Crippen LogP contribution in [0.2, 0.25) is 0 Å². The number of hydrogen-bond acceptors (Lipinski definition) is 3. The molecule has 1 unspecified atom stereocenters. The number of halogens is 1. The monoisotopic (exact) mass is 410 g/mol. The lowest BCUT2D eigenvalue weighted by Gasteiger charge is -2.14. The Labute approximate surface area is 161 Å². The molecule has 3 aromatic rings. The highest BCUT2D eigenvalue weighted by molar-refractivity contribution is 9.09. The Bertz CT molecular complexity index is 834. The smallest absolute Gasteiger partial charge is 0.206 e. The lowest BCUT2D eigenvalue weighted by Crippen LogP contribution is -2.18. The number of ketones is 1. The van der Waals surface area contributed by atoms with Crippen molar-refractivity contribution in [3.8, 4) is 5.75 Å². The second-order valence-electron chi connectivity index (χ2n) is 5.75. The predicted octanol–water partition coefficient (Wildman–Crippen LogP) is 5.39. The lowest BCUT2D eigenvalue weighted by atomic mass is 10.1. The van der Waals surface area contributed by atoms with Gasteiger partial charge in [-0.05, 0) is 39.2 Å². The van der Waals surface area contributed by atoms with Crippen molar-refractivity contribution in [3.63, 3.8) is 0 Å². The molecule has 4 heteroatoms. The zero-order valence-electron chi connectivity index (χ0n) is 14.2. The van der Waals surface area contributed by atoms with E-state index in [1.165, 1.54) is 0 Å². The average Bonchev–Trinajstić information content (AvgIpc) is 2.71. The van der Waals surface area contributed by atoms with Crippen LogP contribution in [0.5, 0.6) is 5.75 Å². The summed E-state index contributed by atoms with van der Waals surface area (Å²) in [5, 5.41) is -0.732. The van der Waals surface area contributed by atoms with Crippen LogP contribution in [-0.2, 0) is 18.0 Å². The first-order valence-corrected chi connectivity index (χ1v) is 9.25. The number of ether oxygens (including phenoxy) is 2. The Morgan fingerprint density at radius 3 is 1.96 bits per heavy atom. The fraction of sp³-hybridized carbons (Fsp3) is 0.136. The van der Waals surface area contributed by atoms with E-state index >= 15 is 0 Å². The van der Waals surface area contributed by atoms with Crippen LogP contribution in [0.4, 0.5) is 0 Å². The molecule has 0 spiro atoms. The van der Waals surface area contributed by atoms with Crippen molar-refractivity contribution in [1.29, 1.82) is 0 Å². The molecule has 0 aliphatic carbocycles. The molecule has 1 atom stereocenters. The third kappa shape index (κ3) is 5.04. The molecule has 132 valence electrons. The first-order chi connectivity index (χ1) is 12.7. The highest BCUT2D eigenvalue weighted by Crippen LogP contribution is 2.24. The van der Waals surface area contributed by atoms with Gasteiger partial charge in [0.1, 0.15) is 12.4 Å². The predicted molar refractivity (Wildman–Crippen MR) is 105 cm³/mol. The molecule has 0 radical (unpaired) electrons. The van der Waals surface area contributed by atoms with Crippen LogP contribution < -0.4 is 4.74 Å². The Morgan fingerprint density at radius 2 is 1.31 bits per heavy atom. The summed E-state index contributed by atoms with van der Waals surface area (Å²) in [6.45, 7) is 0.762. The molecule has 26 heavy (non-hydrogen) atoms. The van der Waals surface area contributed by atoms with Gasteiger partial charge >= 0.3 is 0 Å². The minimum absolute atomic E-state index is 0.162. The number of alkyl halides is 1. The van der Waals surface area contributed by atoms with E-state index in [2.05, 4.69) is 15.9 Å². The number of hydrogen-bond donors (Lipinski definition) is 0. The van der Waals surface area contributed by atoms with Gasteiger partial charge in [0.15, 0.2) is 5.01 Å². The van der Waals surface area contributed by atoms with Crippen LogP contribution >= 0.6 is 15.9 Å². The number of benzene rings is 3. The van der Waals surface area contributed by atoms with Crippen LogP contribution in [0.15, 0.2) is 84.9 Å². The van der Waals surface area contributed by atoms with E-state index in [0.717, 1.165) is 11.1 Å². The van der Waals surface area contributed by atoms with Gasteiger partial charge in [0.05, 0.1) is 12.2 Å². The number of carbonyl (C=O) groups is 1. The van der Waals surface area contributed by atoms with Gasteiger partial charge in [-0.15, -0.1) is 0 Å². The van der Waals surface area contributed by atoms with Gasteiger partial charge < -0.3 is 9.47 Å². The van der Waals surface area contributed by atoms with Crippen LogP contribution in [0.25, 0.3) is 0 Å². The lowest BCUT2D eigenvalue weighted by molar-refractivity contribution is 0.0648. The van der Waals surface area contributed by atoms with Gasteiger partial charge in [-0.2, -0.15) is 0 Å². The van der Waals surface area contributed by atoms with Gasteiger partial charge in [0.25, 0.3) is 0 Å². The SMILES string of the molecule is O=C(c1ccccc1OCc1ccccc1)C(Br)OCc1ccccc1. The number of Topliss-reactive ketones (excluding diaryl/α,β-unsaturated/α-hetero) is 1. The number of para-hydroxylation sites is 1. The highest BCUT2D eigenvalue weighted by Gasteiger charge is 2.21. The number of rotatable bonds is 8. The Morgan fingerprint density at radius 1 is 0.769 bits per heavy atom. The Hall–Kier alpha value is -2.43. The van der Waals surface area contributed by atoms with E-state index < -0.39 is 5.01 Å². The molecular formula is C22H19BrO3. The summed E-state index contributed by atoms with van der Waals surface area (Å²) in [6.07, 6.45) is 0. The first-order valence-electron chi connectivity index (χ1n) is 8.33. The second-order valence-corrected chi connectivity index (χ2v) is 6.58. The van der Waals surface area contributed by atoms with E-state index in [9.17, 15) is 4.79 Å². The minimum atomic E-state index is -0.732. The molecule has 0 heterocycles. The molecule has 0 bridgehead atoms. The molecule has 0 aliphatic heterocycles. The zero-order chi connectivity index (χ0) is 18.2. The molecule has 3 rings (SSSR count). The van der Waals surface area contributed by atoms with Crippen molar-refractivity contribution in [2.45, 2.75) is 18.2 Å². The third-order valence-electron chi connectivity index (χ3n) is 3.83. The van der Waals surface area contributed by atoms with Crippen LogP contribution in [0.1, 0.15) is 21.5 Å². The quantitative estimate of drug-likeness (QED) is 0.369. The molecule has 0 aliphatic rings. The molecule has 3 aromatic carbocycles. The Balaban J connectivity index is 1.65. The largest absolute Gasteiger partial charge is 0.488 e. The normalized spacial score (nSPS) is 11.7. The van der Waals surface area contributed by atoms with Crippen molar-refractivity contribution in [2.24, 2.45) is 0 Å². The number of carbonyl (C=O) groups excluding carboxylic acids is 1. The van der Waals surface area contributed by atoms with Gasteiger partial charge in [0.2, 0.25) is 5.78 Å². The summed E-state index contributed by atoms with van der Waals surface area (Å²) in [5.74, 6) is 0.388. The molecule has 0 amide bonds. The standard InChI is InChI=1S/C22H19BrO3/c23-22(26-16-18-11-5-2-6-12-18)21(24)19-13-7-8-14-20(19)25-15-17-9-3-1-4-10-17/h1-14,22H,15-16H2. The van der Waals surface area contributed by atoms with Gasteiger partial charge in [-0.3, -0.25) is 4.79 Å². The summed E-state index contributed by atoms with van der Waals surface area (Å²) in [7, 11) is 0.